The summed E-state index contributed by atoms with van der Waals surface area (Å²) in [5.74, 6) is -0.541. The molecule has 0 bridgehead atoms. The van der Waals surface area contributed by atoms with E-state index in [4.69, 9.17) is 4.74 Å². The molecule has 1 N–H and O–H groups in total. The average Bonchev–Trinajstić information content (AvgIpc) is 3.22. The smallest absolute Gasteiger partial charge is 0.228 e. The summed E-state index contributed by atoms with van der Waals surface area (Å²) in [6.45, 7) is 5.25. The first-order valence-corrected chi connectivity index (χ1v) is 10.1. The van der Waals surface area contributed by atoms with Crippen LogP contribution in [0.15, 0.2) is 60.9 Å². The first kappa shape index (κ1) is 20.1. The van der Waals surface area contributed by atoms with Crippen molar-refractivity contribution in [1.82, 2.24) is 9.78 Å². The Morgan fingerprint density at radius 2 is 1.90 bits per heavy atom. The van der Waals surface area contributed by atoms with E-state index < -0.39 is 0 Å². The van der Waals surface area contributed by atoms with Crippen molar-refractivity contribution in [2.75, 3.05) is 23.3 Å². The molecule has 1 saturated heterocycles. The Labute approximate surface area is 175 Å². The van der Waals surface area contributed by atoms with Crippen LogP contribution in [0.25, 0.3) is 5.69 Å². The summed E-state index contributed by atoms with van der Waals surface area (Å²) in [7, 11) is 0. The van der Waals surface area contributed by atoms with Gasteiger partial charge < -0.3 is 15.0 Å². The number of benzene rings is 2. The minimum atomic E-state index is -0.349. The molecule has 1 aliphatic rings. The number of carbonyl (C=O) groups is 1. The standard InChI is InChI=1S/C23H25FN4O2/c1-16-14-27(15-17(2)30-16)22-9-6-19(13-21(22)24)26-23(29)12-18-4-7-20(8-5-18)28-11-3-10-25-28/h3-11,13,16-17H,12,14-15H2,1-2H3,(H,26,29)/t16-,17-/m0/s1. The number of nitrogens with one attached hydrogen (secondary N) is 1. The zero-order chi connectivity index (χ0) is 21.1. The van der Waals surface area contributed by atoms with Gasteiger partial charge in [-0.25, -0.2) is 9.07 Å². The lowest BCUT2D eigenvalue weighted by Gasteiger charge is -2.37. The number of hydrogen-bond donors (Lipinski definition) is 1. The Morgan fingerprint density at radius 1 is 1.17 bits per heavy atom. The van der Waals surface area contributed by atoms with Gasteiger partial charge in [0.2, 0.25) is 5.91 Å². The molecule has 156 valence electrons. The highest BCUT2D eigenvalue weighted by atomic mass is 19.1. The largest absolute Gasteiger partial charge is 0.372 e. The van der Waals surface area contributed by atoms with Gasteiger partial charge in [-0.15, -0.1) is 0 Å². The molecule has 1 aromatic heterocycles. The van der Waals surface area contributed by atoms with Crippen LogP contribution < -0.4 is 10.2 Å². The number of hydrogen-bond acceptors (Lipinski definition) is 4. The SMILES string of the molecule is C[C@H]1CN(c2ccc(NC(=O)Cc3ccc(-n4cccn4)cc3)cc2F)C[C@H](C)O1. The van der Waals surface area contributed by atoms with Gasteiger partial charge >= 0.3 is 0 Å². The predicted octanol–water partition coefficient (Wildman–Crippen LogP) is 3.81. The van der Waals surface area contributed by atoms with Gasteiger partial charge in [0.1, 0.15) is 5.82 Å². The highest BCUT2D eigenvalue weighted by molar-refractivity contribution is 5.92. The topological polar surface area (TPSA) is 59.4 Å². The lowest BCUT2D eigenvalue weighted by molar-refractivity contribution is -0.115. The summed E-state index contributed by atoms with van der Waals surface area (Å²) in [4.78, 5) is 14.4. The summed E-state index contributed by atoms with van der Waals surface area (Å²) in [6.07, 6.45) is 3.88. The molecular weight excluding hydrogens is 383 g/mol. The lowest BCUT2D eigenvalue weighted by Crippen LogP contribution is -2.45. The molecule has 0 saturated carbocycles. The summed E-state index contributed by atoms with van der Waals surface area (Å²) in [6, 6.07) is 14.3. The fourth-order valence-corrected chi connectivity index (χ4v) is 3.79. The highest BCUT2D eigenvalue weighted by Crippen LogP contribution is 2.26. The molecule has 7 heteroatoms. The third-order valence-electron chi connectivity index (χ3n) is 5.06. The van der Waals surface area contributed by atoms with E-state index in [9.17, 15) is 9.18 Å². The zero-order valence-corrected chi connectivity index (χ0v) is 17.1. The molecule has 2 atom stereocenters. The van der Waals surface area contributed by atoms with Crippen LogP contribution >= 0.6 is 0 Å². The number of morpholine rings is 1. The molecule has 0 spiro atoms. The van der Waals surface area contributed by atoms with Crippen LogP contribution in [0.1, 0.15) is 19.4 Å². The monoisotopic (exact) mass is 408 g/mol. The van der Waals surface area contributed by atoms with Crippen molar-refractivity contribution in [1.29, 1.82) is 0 Å². The van der Waals surface area contributed by atoms with Crippen LogP contribution in [0.3, 0.4) is 0 Å². The second kappa shape index (κ2) is 8.67. The molecule has 0 radical (unpaired) electrons. The van der Waals surface area contributed by atoms with E-state index in [2.05, 4.69) is 10.4 Å². The first-order valence-electron chi connectivity index (χ1n) is 10.1. The maximum atomic E-state index is 14.7. The van der Waals surface area contributed by atoms with Crippen LogP contribution in [-0.2, 0) is 16.0 Å². The molecule has 2 aromatic carbocycles. The number of rotatable bonds is 5. The van der Waals surface area contributed by atoms with E-state index >= 15 is 0 Å². The summed E-state index contributed by atoms with van der Waals surface area (Å²) >= 11 is 0. The third-order valence-corrected chi connectivity index (χ3v) is 5.06. The van der Waals surface area contributed by atoms with Gasteiger partial charge in [-0.1, -0.05) is 12.1 Å². The fourth-order valence-electron chi connectivity index (χ4n) is 3.79. The Morgan fingerprint density at radius 3 is 2.53 bits per heavy atom. The Hall–Kier alpha value is -3.19. The van der Waals surface area contributed by atoms with E-state index in [0.29, 0.717) is 24.5 Å². The predicted molar refractivity (Wildman–Crippen MR) is 115 cm³/mol. The van der Waals surface area contributed by atoms with E-state index in [1.807, 2.05) is 55.3 Å². The molecule has 0 unspecified atom stereocenters. The molecule has 1 fully saturated rings. The van der Waals surface area contributed by atoms with Gasteiger partial charge in [0.25, 0.3) is 0 Å². The van der Waals surface area contributed by atoms with Crippen molar-refractivity contribution in [2.45, 2.75) is 32.5 Å². The number of aromatic nitrogens is 2. The van der Waals surface area contributed by atoms with E-state index in [1.165, 1.54) is 6.07 Å². The van der Waals surface area contributed by atoms with Crippen molar-refractivity contribution in [3.05, 3.63) is 72.3 Å². The number of anilines is 2. The number of amides is 1. The summed E-state index contributed by atoms with van der Waals surface area (Å²) in [5, 5.41) is 6.96. The van der Waals surface area contributed by atoms with Crippen LogP contribution in [-0.4, -0.2) is 41.0 Å². The minimum Gasteiger partial charge on any atom is -0.372 e. The van der Waals surface area contributed by atoms with Crippen molar-refractivity contribution >= 4 is 17.3 Å². The normalized spacial score (nSPS) is 19.0. The number of halogens is 1. The third kappa shape index (κ3) is 4.68. The van der Waals surface area contributed by atoms with E-state index in [-0.39, 0.29) is 30.4 Å². The van der Waals surface area contributed by atoms with Crippen LogP contribution in [0.4, 0.5) is 15.8 Å². The van der Waals surface area contributed by atoms with Crippen LogP contribution in [0.5, 0.6) is 0 Å². The molecule has 4 rings (SSSR count). The van der Waals surface area contributed by atoms with Crippen molar-refractivity contribution in [3.8, 4) is 5.69 Å². The quantitative estimate of drug-likeness (QED) is 0.698. The van der Waals surface area contributed by atoms with Gasteiger partial charge in [-0.05, 0) is 55.8 Å². The second-order valence-electron chi connectivity index (χ2n) is 7.67. The van der Waals surface area contributed by atoms with Gasteiger partial charge in [-0.2, -0.15) is 5.10 Å². The zero-order valence-electron chi connectivity index (χ0n) is 17.1. The number of ether oxygens (including phenoxy) is 1. The molecule has 1 aliphatic heterocycles. The molecule has 1 amide bonds. The average molecular weight is 408 g/mol. The van der Waals surface area contributed by atoms with Crippen LogP contribution in [0.2, 0.25) is 0 Å². The first-order chi connectivity index (χ1) is 14.5. The van der Waals surface area contributed by atoms with Gasteiger partial charge in [-0.3, -0.25) is 4.79 Å². The van der Waals surface area contributed by atoms with Crippen LogP contribution in [0, 0.1) is 5.82 Å². The van der Waals surface area contributed by atoms with Gasteiger partial charge in [0, 0.05) is 31.2 Å². The lowest BCUT2D eigenvalue weighted by atomic mass is 10.1. The van der Waals surface area contributed by atoms with Gasteiger partial charge in [0.05, 0.1) is 30.0 Å². The molecule has 30 heavy (non-hydrogen) atoms. The Kier molecular flexibility index (Phi) is 5.81. The Bertz CT molecular complexity index is 995. The summed E-state index contributed by atoms with van der Waals surface area (Å²) < 4.78 is 22.2. The van der Waals surface area contributed by atoms with E-state index in [1.54, 1.807) is 23.0 Å². The number of nitrogens with zero attached hydrogens (tertiary/aromatic N) is 3. The van der Waals surface area contributed by atoms with Crippen molar-refractivity contribution in [3.63, 3.8) is 0 Å². The minimum absolute atomic E-state index is 0.0483. The number of carbonyl (C=O) groups excluding carboxylic acids is 1. The maximum Gasteiger partial charge on any atom is 0.228 e. The second-order valence-corrected chi connectivity index (χ2v) is 7.67. The molecule has 2 heterocycles. The molecule has 3 aromatic rings. The van der Waals surface area contributed by atoms with E-state index in [0.717, 1.165) is 11.3 Å². The van der Waals surface area contributed by atoms with Crippen molar-refractivity contribution < 1.29 is 13.9 Å². The summed E-state index contributed by atoms with van der Waals surface area (Å²) in [5.41, 5.74) is 2.78. The maximum absolute atomic E-state index is 14.7. The molecule has 6 nitrogen and oxygen atoms in total. The van der Waals surface area contributed by atoms with Crippen molar-refractivity contribution in [2.24, 2.45) is 0 Å². The van der Waals surface area contributed by atoms with Gasteiger partial charge in [0.15, 0.2) is 0 Å². The Balaban J connectivity index is 1.38. The highest BCUT2D eigenvalue weighted by Gasteiger charge is 2.24. The molecule has 0 aliphatic carbocycles. The molecular formula is C23H25FN4O2. The fraction of sp³-hybridized carbons (Fsp3) is 0.304.